The lowest BCUT2D eigenvalue weighted by Gasteiger charge is -2.13. The molecule has 1 heterocycles. The predicted octanol–water partition coefficient (Wildman–Crippen LogP) is 1.64. The van der Waals surface area contributed by atoms with Gasteiger partial charge < -0.3 is 15.4 Å². The number of aromatic carboxylic acids is 1. The third-order valence-corrected chi connectivity index (χ3v) is 3.44. The number of pyridine rings is 1. The zero-order valence-corrected chi connectivity index (χ0v) is 10.4. The van der Waals surface area contributed by atoms with Gasteiger partial charge in [0.25, 0.3) is 0 Å². The van der Waals surface area contributed by atoms with Crippen molar-refractivity contribution in [3.63, 3.8) is 0 Å². The van der Waals surface area contributed by atoms with E-state index in [-0.39, 0.29) is 6.42 Å². The monoisotopic (exact) mass is 297 g/mol. The number of alkyl halides is 1. The molecule has 0 spiro atoms. The number of nitrogens with zero attached hydrogens (tertiary/aromatic N) is 1. The maximum Gasteiger partial charge on any atom is 0.341 e. The molecule has 8 heteroatoms. The second-order valence-corrected chi connectivity index (χ2v) is 4.79. The highest BCUT2D eigenvalue weighted by Gasteiger charge is 2.41. The summed E-state index contributed by atoms with van der Waals surface area (Å²) in [6.07, 6.45) is -0.387. The van der Waals surface area contributed by atoms with Gasteiger partial charge in [-0.2, -0.15) is 0 Å². The normalized spacial score (nSPS) is 20.7. The second-order valence-electron chi connectivity index (χ2n) is 4.79. The third-order valence-electron chi connectivity index (χ3n) is 3.44. The number of carbonyl (C=O) groups is 1. The van der Waals surface area contributed by atoms with Crippen molar-refractivity contribution in [2.75, 3.05) is 5.73 Å². The van der Waals surface area contributed by atoms with Crippen LogP contribution in [0.15, 0.2) is 11.0 Å². The van der Waals surface area contributed by atoms with Crippen LogP contribution in [0.3, 0.4) is 0 Å². The van der Waals surface area contributed by atoms with Crippen molar-refractivity contribution in [2.45, 2.75) is 18.6 Å². The van der Waals surface area contributed by atoms with Crippen LogP contribution in [0.1, 0.15) is 22.8 Å². The summed E-state index contributed by atoms with van der Waals surface area (Å²) in [5.74, 6) is -4.09. The molecule has 1 fully saturated rings. The van der Waals surface area contributed by atoms with Crippen LogP contribution in [0.2, 0.25) is 0 Å². The largest absolute Gasteiger partial charge is 0.477 e. The fourth-order valence-electron chi connectivity index (χ4n) is 2.29. The molecular formula is C13H8F3N2O3. The Hall–Kier alpha value is -2.51. The van der Waals surface area contributed by atoms with E-state index in [1.807, 2.05) is 0 Å². The molecular weight excluding hydrogens is 289 g/mol. The van der Waals surface area contributed by atoms with Crippen molar-refractivity contribution in [3.8, 4) is 0 Å². The van der Waals surface area contributed by atoms with Crippen LogP contribution >= 0.6 is 0 Å². The van der Waals surface area contributed by atoms with E-state index in [1.54, 1.807) is 6.07 Å². The number of aromatic nitrogens is 1. The number of anilines is 1. The molecule has 0 bridgehead atoms. The van der Waals surface area contributed by atoms with Gasteiger partial charge in [-0.3, -0.25) is 4.79 Å². The summed E-state index contributed by atoms with van der Waals surface area (Å²) in [6, 6.07) is 0.901. The summed E-state index contributed by atoms with van der Waals surface area (Å²) in [5, 5.41) is 8.40. The first-order chi connectivity index (χ1) is 9.82. The Morgan fingerprint density at radius 2 is 2.05 bits per heavy atom. The Bertz CT molecular complexity index is 847. The van der Waals surface area contributed by atoms with E-state index < -0.39 is 57.4 Å². The van der Waals surface area contributed by atoms with Crippen LogP contribution in [0.4, 0.5) is 18.9 Å². The number of rotatable bonds is 2. The van der Waals surface area contributed by atoms with E-state index in [0.29, 0.717) is 0 Å². The van der Waals surface area contributed by atoms with E-state index in [9.17, 15) is 22.8 Å². The molecule has 1 aliphatic rings. The average Bonchev–Trinajstić information content (AvgIpc) is 3.12. The van der Waals surface area contributed by atoms with Crippen molar-refractivity contribution in [2.24, 2.45) is 0 Å². The van der Waals surface area contributed by atoms with Gasteiger partial charge in [-0.05, 0) is 0 Å². The number of nitrogen functional groups attached to an aromatic ring is 1. The molecule has 0 aliphatic heterocycles. The molecule has 5 nitrogen and oxygen atoms in total. The van der Waals surface area contributed by atoms with Crippen molar-refractivity contribution >= 4 is 22.6 Å². The van der Waals surface area contributed by atoms with Crippen molar-refractivity contribution in [1.29, 1.82) is 0 Å². The summed E-state index contributed by atoms with van der Waals surface area (Å²) < 4.78 is 41.6. The molecule has 1 aromatic heterocycles. The first kappa shape index (κ1) is 13.5. The number of halogens is 3. The molecule has 2 atom stereocenters. The van der Waals surface area contributed by atoms with Crippen LogP contribution < -0.4 is 11.2 Å². The van der Waals surface area contributed by atoms with Gasteiger partial charge in [0.05, 0.1) is 28.7 Å². The SMILES string of the molecule is Nc1c(F)[c]c(F)c2c1c(=O)c(C(=O)O)cn2[C@@H]1C[C@H]1F. The van der Waals surface area contributed by atoms with E-state index >= 15 is 0 Å². The summed E-state index contributed by atoms with van der Waals surface area (Å²) in [7, 11) is 0. The van der Waals surface area contributed by atoms with Crippen LogP contribution in [0.25, 0.3) is 10.9 Å². The molecule has 0 unspecified atom stereocenters. The lowest BCUT2D eigenvalue weighted by Crippen LogP contribution is -2.21. The number of hydrogen-bond acceptors (Lipinski definition) is 3. The van der Waals surface area contributed by atoms with Crippen molar-refractivity contribution in [3.05, 3.63) is 39.7 Å². The minimum Gasteiger partial charge on any atom is -0.477 e. The van der Waals surface area contributed by atoms with Gasteiger partial charge >= 0.3 is 5.97 Å². The molecule has 1 radical (unpaired) electrons. The first-order valence-electron chi connectivity index (χ1n) is 5.95. The minimum atomic E-state index is -1.58. The Morgan fingerprint density at radius 3 is 2.57 bits per heavy atom. The van der Waals surface area contributed by atoms with Gasteiger partial charge in [0.15, 0.2) is 11.6 Å². The molecule has 0 amide bonds. The molecule has 1 aliphatic carbocycles. The van der Waals surface area contributed by atoms with Crippen LogP contribution in [0.5, 0.6) is 0 Å². The molecule has 0 saturated heterocycles. The number of benzene rings is 1. The van der Waals surface area contributed by atoms with Crippen LogP contribution in [-0.4, -0.2) is 21.8 Å². The topological polar surface area (TPSA) is 85.3 Å². The molecule has 21 heavy (non-hydrogen) atoms. The zero-order valence-electron chi connectivity index (χ0n) is 10.4. The van der Waals surface area contributed by atoms with Gasteiger partial charge in [-0.1, -0.05) is 0 Å². The summed E-state index contributed by atoms with van der Waals surface area (Å²) in [4.78, 5) is 23.1. The maximum absolute atomic E-state index is 13.9. The molecule has 3 rings (SSSR count). The summed E-state index contributed by atoms with van der Waals surface area (Å²) in [5.41, 5.74) is 2.43. The zero-order chi connectivity index (χ0) is 15.5. The molecule has 3 N–H and O–H groups in total. The van der Waals surface area contributed by atoms with Gasteiger partial charge in [-0.15, -0.1) is 0 Å². The van der Waals surface area contributed by atoms with Gasteiger partial charge in [0, 0.05) is 12.6 Å². The number of hydrogen-bond donors (Lipinski definition) is 2. The van der Waals surface area contributed by atoms with Gasteiger partial charge in [0.1, 0.15) is 11.7 Å². The Morgan fingerprint density at radius 1 is 1.43 bits per heavy atom. The highest BCUT2D eigenvalue weighted by molar-refractivity contribution is 5.97. The highest BCUT2D eigenvalue weighted by atomic mass is 19.1. The standard InChI is InChI=1S/C13H8F3N2O3/c14-5-2-8(5)18-3-4(13(20)21)12(19)9-10(17)6(15)1-7(16)11(9)18/h3,5,8H,2,17H2,(H,20,21)/t5-,8-/m1/s1. The lowest BCUT2D eigenvalue weighted by molar-refractivity contribution is 0.0694. The number of carboxylic acids is 1. The molecule has 109 valence electrons. The molecule has 2 aromatic rings. The number of carboxylic acid groups (broad SMARTS) is 1. The van der Waals surface area contributed by atoms with E-state index in [0.717, 1.165) is 10.8 Å². The third kappa shape index (κ3) is 1.86. The van der Waals surface area contributed by atoms with Gasteiger partial charge in [-0.25, -0.2) is 18.0 Å². The quantitative estimate of drug-likeness (QED) is 0.825. The smallest absolute Gasteiger partial charge is 0.341 e. The number of nitrogens with two attached hydrogens (primary N) is 1. The summed E-state index contributed by atoms with van der Waals surface area (Å²) in [6.45, 7) is 0. The fourth-order valence-corrected chi connectivity index (χ4v) is 2.29. The van der Waals surface area contributed by atoms with Crippen molar-refractivity contribution < 1.29 is 23.1 Å². The number of fused-ring (bicyclic) bond motifs is 1. The van der Waals surface area contributed by atoms with E-state index in [2.05, 4.69) is 0 Å². The Labute approximate surface area is 115 Å². The second kappa shape index (κ2) is 4.24. The first-order valence-corrected chi connectivity index (χ1v) is 5.95. The Balaban J connectivity index is 2.52. The van der Waals surface area contributed by atoms with Crippen LogP contribution in [0, 0.1) is 17.7 Å². The molecule has 1 saturated carbocycles. The van der Waals surface area contributed by atoms with Gasteiger partial charge in [0.2, 0.25) is 5.43 Å². The highest BCUT2D eigenvalue weighted by Crippen LogP contribution is 2.41. The lowest BCUT2D eigenvalue weighted by atomic mass is 10.1. The Kier molecular flexibility index (Phi) is 2.72. The fraction of sp³-hybridized carbons (Fsp3) is 0.231. The predicted molar refractivity (Wildman–Crippen MR) is 66.9 cm³/mol. The average molecular weight is 297 g/mol. The van der Waals surface area contributed by atoms with Crippen molar-refractivity contribution in [1.82, 2.24) is 4.57 Å². The van der Waals surface area contributed by atoms with E-state index in [4.69, 9.17) is 10.8 Å². The van der Waals surface area contributed by atoms with Crippen LogP contribution in [-0.2, 0) is 0 Å². The minimum absolute atomic E-state index is 0.0494. The summed E-state index contributed by atoms with van der Waals surface area (Å²) >= 11 is 0. The maximum atomic E-state index is 13.9. The molecule has 1 aromatic carbocycles. The van der Waals surface area contributed by atoms with E-state index in [1.165, 1.54) is 0 Å².